The second-order valence-corrected chi connectivity index (χ2v) is 7.31. The van der Waals surface area contributed by atoms with Crippen molar-refractivity contribution in [1.29, 1.82) is 0 Å². The molecule has 6 heteroatoms. The van der Waals surface area contributed by atoms with E-state index in [4.69, 9.17) is 9.47 Å². The third-order valence-corrected chi connectivity index (χ3v) is 4.37. The van der Waals surface area contributed by atoms with Gasteiger partial charge in [0, 0.05) is 44.0 Å². The smallest absolute Gasteiger partial charge is 0.410 e. The van der Waals surface area contributed by atoms with Crippen LogP contribution < -0.4 is 4.74 Å². The molecule has 2 aliphatic rings. The minimum atomic E-state index is -0.437. The summed E-state index contributed by atoms with van der Waals surface area (Å²) >= 11 is 0. The average molecular weight is 319 g/mol. The molecule has 3 rings (SSSR count). The Labute approximate surface area is 137 Å². The minimum absolute atomic E-state index is 0.196. The summed E-state index contributed by atoms with van der Waals surface area (Å²) in [5, 5.41) is 0. The Morgan fingerprint density at radius 1 is 1.30 bits per heavy atom. The highest BCUT2D eigenvalue weighted by Gasteiger charge is 2.46. The van der Waals surface area contributed by atoms with E-state index in [0.29, 0.717) is 18.0 Å². The second-order valence-electron chi connectivity index (χ2n) is 7.31. The number of rotatable bonds is 3. The van der Waals surface area contributed by atoms with Crippen LogP contribution in [0.4, 0.5) is 4.79 Å². The van der Waals surface area contributed by atoms with E-state index in [1.807, 2.05) is 44.0 Å². The molecule has 1 amide bonds. The number of carbonyl (C=O) groups is 1. The molecule has 0 aromatic carbocycles. The van der Waals surface area contributed by atoms with Crippen LogP contribution in [0.15, 0.2) is 18.3 Å². The molecular weight excluding hydrogens is 294 g/mol. The Bertz CT molecular complexity index is 555. The van der Waals surface area contributed by atoms with Crippen LogP contribution in [0, 0.1) is 0 Å². The van der Waals surface area contributed by atoms with E-state index < -0.39 is 5.60 Å². The molecule has 2 bridgehead atoms. The van der Waals surface area contributed by atoms with Gasteiger partial charge in [-0.1, -0.05) is 6.07 Å². The Hall–Kier alpha value is -1.82. The lowest BCUT2D eigenvalue weighted by molar-refractivity contribution is -0.0781. The monoisotopic (exact) mass is 319 g/mol. The maximum absolute atomic E-state index is 12.2. The van der Waals surface area contributed by atoms with Crippen LogP contribution in [0.5, 0.6) is 5.88 Å². The molecule has 126 valence electrons. The molecule has 2 saturated heterocycles. The molecule has 3 heterocycles. The van der Waals surface area contributed by atoms with E-state index in [0.717, 1.165) is 26.1 Å². The zero-order valence-corrected chi connectivity index (χ0v) is 14.3. The summed E-state index contributed by atoms with van der Waals surface area (Å²) in [6.07, 6.45) is 2.82. The highest BCUT2D eigenvalue weighted by atomic mass is 16.6. The fourth-order valence-electron chi connectivity index (χ4n) is 3.26. The first-order chi connectivity index (χ1) is 10.9. The van der Waals surface area contributed by atoms with Crippen LogP contribution in [-0.4, -0.2) is 58.8 Å². The van der Waals surface area contributed by atoms with E-state index in [1.165, 1.54) is 5.56 Å². The van der Waals surface area contributed by atoms with Gasteiger partial charge >= 0.3 is 6.09 Å². The summed E-state index contributed by atoms with van der Waals surface area (Å²) in [4.78, 5) is 20.7. The number of nitrogens with zero attached hydrogens (tertiary/aromatic N) is 3. The fourth-order valence-corrected chi connectivity index (χ4v) is 3.26. The van der Waals surface area contributed by atoms with Gasteiger partial charge in [-0.3, -0.25) is 4.90 Å². The first-order valence-electron chi connectivity index (χ1n) is 8.08. The first-order valence-corrected chi connectivity index (χ1v) is 8.08. The Balaban J connectivity index is 1.55. The van der Waals surface area contributed by atoms with Crippen LogP contribution >= 0.6 is 0 Å². The predicted octanol–water partition coefficient (Wildman–Crippen LogP) is 2.28. The number of fused-ring (bicyclic) bond motifs is 2. The number of methoxy groups -OCH3 is 1. The molecule has 0 aliphatic carbocycles. The van der Waals surface area contributed by atoms with Gasteiger partial charge in [0.15, 0.2) is 0 Å². The van der Waals surface area contributed by atoms with Crippen LogP contribution in [0.25, 0.3) is 0 Å². The maximum atomic E-state index is 12.2. The van der Waals surface area contributed by atoms with Gasteiger partial charge in [0.1, 0.15) is 5.60 Å². The number of likely N-dealkylation sites (tertiary alicyclic amines) is 2. The molecule has 23 heavy (non-hydrogen) atoms. The van der Waals surface area contributed by atoms with Crippen molar-refractivity contribution >= 4 is 6.09 Å². The maximum Gasteiger partial charge on any atom is 0.410 e. The number of carbonyl (C=O) groups excluding carboxylic acids is 1. The van der Waals surface area contributed by atoms with Crippen molar-refractivity contribution < 1.29 is 14.3 Å². The summed E-state index contributed by atoms with van der Waals surface area (Å²) in [5.41, 5.74) is 0.735. The lowest BCUT2D eigenvalue weighted by atomic mass is 9.87. The Kier molecular flexibility index (Phi) is 4.19. The van der Waals surface area contributed by atoms with Crippen molar-refractivity contribution in [1.82, 2.24) is 14.8 Å². The quantitative estimate of drug-likeness (QED) is 0.855. The van der Waals surface area contributed by atoms with Gasteiger partial charge in [-0.2, -0.15) is 0 Å². The molecule has 0 spiro atoms. The number of aromatic nitrogens is 1. The molecule has 0 N–H and O–H groups in total. The normalized spacial score (nSPS) is 24.1. The summed E-state index contributed by atoms with van der Waals surface area (Å²) in [6, 6.07) is 4.77. The third kappa shape index (κ3) is 3.58. The number of pyridine rings is 1. The lowest BCUT2D eigenvalue weighted by Gasteiger charge is -2.56. The lowest BCUT2D eigenvalue weighted by Crippen LogP contribution is -2.69. The van der Waals surface area contributed by atoms with E-state index in [2.05, 4.69) is 9.88 Å². The van der Waals surface area contributed by atoms with Gasteiger partial charge in [-0.15, -0.1) is 0 Å². The van der Waals surface area contributed by atoms with Crippen molar-refractivity contribution in [3.8, 4) is 5.88 Å². The SMILES string of the molecule is COc1ccc(CN2C3CC2CN(C(=O)OC(C)(C)C)C3)cn1. The summed E-state index contributed by atoms with van der Waals surface area (Å²) in [7, 11) is 1.62. The largest absolute Gasteiger partial charge is 0.481 e. The van der Waals surface area contributed by atoms with Crippen LogP contribution in [0.1, 0.15) is 32.8 Å². The number of piperazine rings is 1. The molecule has 2 aliphatic heterocycles. The highest BCUT2D eigenvalue weighted by Crippen LogP contribution is 2.34. The number of ether oxygens (including phenoxy) is 2. The molecule has 2 atom stereocenters. The standard InChI is InChI=1S/C17H25N3O3/c1-17(2,3)23-16(21)19-10-13-7-14(11-19)20(13)9-12-5-6-15(22-4)18-8-12/h5-6,8,13-14H,7,9-11H2,1-4H3. The zero-order valence-electron chi connectivity index (χ0n) is 14.3. The number of hydrogen-bond acceptors (Lipinski definition) is 5. The van der Waals surface area contributed by atoms with E-state index in [9.17, 15) is 4.79 Å². The average Bonchev–Trinajstić information content (AvgIpc) is 2.51. The molecule has 1 aromatic rings. The van der Waals surface area contributed by atoms with Crippen LogP contribution in [-0.2, 0) is 11.3 Å². The highest BCUT2D eigenvalue weighted by molar-refractivity contribution is 5.68. The number of amides is 1. The van der Waals surface area contributed by atoms with Crippen molar-refractivity contribution in [3.63, 3.8) is 0 Å². The van der Waals surface area contributed by atoms with E-state index >= 15 is 0 Å². The predicted molar refractivity (Wildman–Crippen MR) is 86.3 cm³/mol. The molecule has 2 unspecified atom stereocenters. The van der Waals surface area contributed by atoms with Gasteiger partial charge in [-0.05, 0) is 32.8 Å². The van der Waals surface area contributed by atoms with Crippen molar-refractivity contribution in [2.45, 2.75) is 51.4 Å². The zero-order chi connectivity index (χ0) is 16.6. The Morgan fingerprint density at radius 2 is 2.00 bits per heavy atom. The third-order valence-electron chi connectivity index (χ3n) is 4.37. The molecule has 6 nitrogen and oxygen atoms in total. The van der Waals surface area contributed by atoms with Gasteiger partial charge in [0.2, 0.25) is 5.88 Å². The molecular formula is C17H25N3O3. The Morgan fingerprint density at radius 3 is 2.52 bits per heavy atom. The molecule has 0 saturated carbocycles. The van der Waals surface area contributed by atoms with Gasteiger partial charge in [0.25, 0.3) is 0 Å². The summed E-state index contributed by atoms with van der Waals surface area (Å²) < 4.78 is 10.6. The second kappa shape index (κ2) is 6.00. The van der Waals surface area contributed by atoms with Crippen LogP contribution in [0.3, 0.4) is 0 Å². The topological polar surface area (TPSA) is 54.9 Å². The van der Waals surface area contributed by atoms with E-state index in [1.54, 1.807) is 7.11 Å². The summed E-state index contributed by atoms with van der Waals surface area (Å²) in [5.74, 6) is 0.633. The summed E-state index contributed by atoms with van der Waals surface area (Å²) in [6.45, 7) is 8.06. The van der Waals surface area contributed by atoms with Gasteiger partial charge in [0.05, 0.1) is 7.11 Å². The number of piperidine rings is 1. The molecule has 0 radical (unpaired) electrons. The van der Waals surface area contributed by atoms with Gasteiger partial charge in [-0.25, -0.2) is 9.78 Å². The van der Waals surface area contributed by atoms with Crippen molar-refractivity contribution in [2.75, 3.05) is 20.2 Å². The van der Waals surface area contributed by atoms with Crippen LogP contribution in [0.2, 0.25) is 0 Å². The fraction of sp³-hybridized carbons (Fsp3) is 0.647. The number of hydrogen-bond donors (Lipinski definition) is 0. The molecule has 1 aromatic heterocycles. The minimum Gasteiger partial charge on any atom is -0.481 e. The van der Waals surface area contributed by atoms with E-state index in [-0.39, 0.29) is 6.09 Å². The van der Waals surface area contributed by atoms with Gasteiger partial charge < -0.3 is 14.4 Å². The van der Waals surface area contributed by atoms with Crippen molar-refractivity contribution in [3.05, 3.63) is 23.9 Å². The first kappa shape index (κ1) is 16.1. The molecule has 2 fully saturated rings. The van der Waals surface area contributed by atoms with Crippen molar-refractivity contribution in [2.24, 2.45) is 0 Å².